The molecule has 1 aliphatic rings. The van der Waals surface area contributed by atoms with Crippen LogP contribution in [0, 0.1) is 19.7 Å². The lowest BCUT2D eigenvalue weighted by molar-refractivity contribution is 0.260. The number of imidazole rings is 1. The largest absolute Gasteiger partial charge is 0.312 e. The zero-order chi connectivity index (χ0) is 21.9. The number of fused-ring (bicyclic) bond motifs is 2. The second kappa shape index (κ2) is 7.23. The maximum atomic E-state index is 14.5. The van der Waals surface area contributed by atoms with Gasteiger partial charge in [-0.05, 0) is 52.7 Å². The summed E-state index contributed by atoms with van der Waals surface area (Å²) in [5.41, 5.74) is 2.64. The van der Waals surface area contributed by atoms with Crippen LogP contribution in [0.4, 0.5) is 4.39 Å². The van der Waals surface area contributed by atoms with Crippen LogP contribution in [0.25, 0.3) is 27.9 Å². The molecular formula is C23H25FN6O. The molecule has 1 fully saturated rings. The Balaban J connectivity index is 1.62. The van der Waals surface area contributed by atoms with Gasteiger partial charge in [-0.3, -0.25) is 4.79 Å². The van der Waals surface area contributed by atoms with Crippen LogP contribution in [-0.4, -0.2) is 36.0 Å². The molecule has 0 spiro atoms. The van der Waals surface area contributed by atoms with Gasteiger partial charge < -0.3 is 14.3 Å². The number of nitrogens with one attached hydrogen (secondary N) is 1. The van der Waals surface area contributed by atoms with E-state index in [0.717, 1.165) is 18.5 Å². The number of hydrogen-bond acceptors (Lipinski definition) is 5. The Bertz CT molecular complexity index is 1360. The summed E-state index contributed by atoms with van der Waals surface area (Å²) in [6.07, 6.45) is 7.15. The molecule has 2 atom stereocenters. The lowest BCUT2D eigenvalue weighted by Gasteiger charge is -2.34. The monoisotopic (exact) mass is 420 g/mol. The normalized spacial score (nSPS) is 21.8. The van der Waals surface area contributed by atoms with Crippen LogP contribution in [0.3, 0.4) is 0 Å². The molecule has 31 heavy (non-hydrogen) atoms. The number of rotatable bonds is 2. The van der Waals surface area contributed by atoms with Gasteiger partial charge in [0.2, 0.25) is 0 Å². The maximum absolute atomic E-state index is 14.5. The Labute approximate surface area is 179 Å². The quantitative estimate of drug-likeness (QED) is 0.537. The fourth-order valence-electron chi connectivity index (χ4n) is 4.81. The molecule has 1 N–H and O–H groups in total. The van der Waals surface area contributed by atoms with Crippen LogP contribution in [-0.2, 0) is 0 Å². The zero-order valence-electron chi connectivity index (χ0n) is 18.1. The molecule has 0 saturated carbocycles. The second-order valence-corrected chi connectivity index (χ2v) is 8.70. The van der Waals surface area contributed by atoms with Gasteiger partial charge in [0, 0.05) is 42.3 Å². The van der Waals surface area contributed by atoms with Crippen LogP contribution in [0.5, 0.6) is 0 Å². The number of piperidine rings is 1. The van der Waals surface area contributed by atoms with Gasteiger partial charge in [-0.2, -0.15) is 0 Å². The highest BCUT2D eigenvalue weighted by Crippen LogP contribution is 2.26. The standard InChI is InChI=1S/C23H25FN6O/c1-12-7-17(8-13(2)25-12)30-6-5-19-20(23(30)31)15(4)27-21(28-19)16-9-18(24)22-26-14(3)10-29(22)11-16/h5-6,9-13,17,25H,7-8H2,1-4H3/t12-,13-/m0/s1. The molecule has 160 valence electrons. The predicted molar refractivity (Wildman–Crippen MR) is 118 cm³/mol. The molecule has 4 aromatic heterocycles. The van der Waals surface area contributed by atoms with Gasteiger partial charge in [0.1, 0.15) is 0 Å². The van der Waals surface area contributed by atoms with E-state index in [4.69, 9.17) is 0 Å². The average molecular weight is 420 g/mol. The van der Waals surface area contributed by atoms with Crippen LogP contribution >= 0.6 is 0 Å². The first-order chi connectivity index (χ1) is 14.8. The fourth-order valence-corrected chi connectivity index (χ4v) is 4.81. The minimum Gasteiger partial charge on any atom is -0.312 e. The molecule has 0 amide bonds. The minimum atomic E-state index is -0.434. The second-order valence-electron chi connectivity index (χ2n) is 8.70. The number of pyridine rings is 2. The summed E-state index contributed by atoms with van der Waals surface area (Å²) >= 11 is 0. The summed E-state index contributed by atoms with van der Waals surface area (Å²) in [6, 6.07) is 4.10. The first-order valence-corrected chi connectivity index (χ1v) is 10.6. The molecule has 1 saturated heterocycles. The summed E-state index contributed by atoms with van der Waals surface area (Å²) < 4.78 is 18.0. The zero-order valence-corrected chi connectivity index (χ0v) is 18.1. The van der Waals surface area contributed by atoms with E-state index in [1.54, 1.807) is 16.8 Å². The predicted octanol–water partition coefficient (Wildman–Crippen LogP) is 3.56. The topological polar surface area (TPSA) is 77.1 Å². The fraction of sp³-hybridized carbons (Fsp3) is 0.391. The van der Waals surface area contributed by atoms with Crippen molar-refractivity contribution in [1.29, 1.82) is 0 Å². The van der Waals surface area contributed by atoms with E-state index in [0.29, 0.717) is 40.1 Å². The smallest absolute Gasteiger partial charge is 0.262 e. The van der Waals surface area contributed by atoms with Gasteiger partial charge >= 0.3 is 0 Å². The van der Waals surface area contributed by atoms with Crippen molar-refractivity contribution in [1.82, 2.24) is 29.2 Å². The SMILES string of the molecule is Cc1cn2cc(-c3nc(C)c4c(=O)n(C5C[C@H](C)N[C@@H](C)C5)ccc4n3)cc(F)c2n1. The van der Waals surface area contributed by atoms with Crippen molar-refractivity contribution in [3.8, 4) is 11.4 Å². The molecule has 0 radical (unpaired) electrons. The summed E-state index contributed by atoms with van der Waals surface area (Å²) in [6.45, 7) is 7.92. The lowest BCUT2D eigenvalue weighted by Crippen LogP contribution is -2.44. The molecule has 0 aliphatic carbocycles. The van der Waals surface area contributed by atoms with Crippen molar-refractivity contribution in [3.05, 3.63) is 58.3 Å². The molecule has 0 unspecified atom stereocenters. The van der Waals surface area contributed by atoms with E-state index in [-0.39, 0.29) is 17.2 Å². The molecule has 5 rings (SSSR count). The Morgan fingerprint density at radius 3 is 2.58 bits per heavy atom. The summed E-state index contributed by atoms with van der Waals surface area (Å²) in [5.74, 6) is -0.0464. The molecule has 7 nitrogen and oxygen atoms in total. The first kappa shape index (κ1) is 19.8. The van der Waals surface area contributed by atoms with Gasteiger partial charge in [0.05, 0.1) is 22.3 Å². The van der Waals surface area contributed by atoms with E-state index in [1.807, 2.05) is 30.7 Å². The van der Waals surface area contributed by atoms with Crippen LogP contribution < -0.4 is 10.9 Å². The highest BCUT2D eigenvalue weighted by molar-refractivity contribution is 5.81. The Hall–Kier alpha value is -3.13. The van der Waals surface area contributed by atoms with Crippen LogP contribution in [0.15, 0.2) is 35.5 Å². The van der Waals surface area contributed by atoms with Crippen molar-refractivity contribution in [2.24, 2.45) is 0 Å². The molecule has 4 aromatic rings. The molecular weight excluding hydrogens is 395 g/mol. The van der Waals surface area contributed by atoms with E-state index in [2.05, 4.69) is 34.1 Å². The molecule has 8 heteroatoms. The minimum absolute atomic E-state index is 0.0697. The van der Waals surface area contributed by atoms with Crippen molar-refractivity contribution < 1.29 is 4.39 Å². The third-order valence-electron chi connectivity index (χ3n) is 6.06. The van der Waals surface area contributed by atoms with Gasteiger partial charge in [-0.15, -0.1) is 0 Å². The molecule has 0 bridgehead atoms. The Kier molecular flexibility index (Phi) is 4.62. The summed E-state index contributed by atoms with van der Waals surface area (Å²) in [5, 5.41) is 4.03. The average Bonchev–Trinajstić information content (AvgIpc) is 3.08. The highest BCUT2D eigenvalue weighted by atomic mass is 19.1. The van der Waals surface area contributed by atoms with Crippen molar-refractivity contribution in [2.75, 3.05) is 0 Å². The molecule has 1 aliphatic heterocycles. The summed E-state index contributed by atoms with van der Waals surface area (Å²) in [7, 11) is 0. The lowest BCUT2D eigenvalue weighted by atomic mass is 9.95. The van der Waals surface area contributed by atoms with Gasteiger partial charge in [-0.25, -0.2) is 19.3 Å². The Morgan fingerprint density at radius 1 is 1.10 bits per heavy atom. The van der Waals surface area contributed by atoms with E-state index < -0.39 is 5.82 Å². The third-order valence-corrected chi connectivity index (χ3v) is 6.06. The number of hydrogen-bond donors (Lipinski definition) is 1. The third kappa shape index (κ3) is 3.40. The maximum Gasteiger partial charge on any atom is 0.262 e. The number of aromatic nitrogens is 5. The van der Waals surface area contributed by atoms with Crippen LogP contribution in [0.2, 0.25) is 0 Å². The number of halogens is 1. The summed E-state index contributed by atoms with van der Waals surface area (Å²) in [4.78, 5) is 26.7. The number of aryl methyl sites for hydroxylation is 2. The van der Waals surface area contributed by atoms with Crippen molar-refractivity contribution in [3.63, 3.8) is 0 Å². The van der Waals surface area contributed by atoms with Crippen molar-refractivity contribution >= 4 is 16.6 Å². The number of nitrogens with zero attached hydrogens (tertiary/aromatic N) is 5. The highest BCUT2D eigenvalue weighted by Gasteiger charge is 2.26. The van der Waals surface area contributed by atoms with Crippen LogP contribution in [0.1, 0.15) is 44.1 Å². The van der Waals surface area contributed by atoms with Crippen molar-refractivity contribution in [2.45, 2.75) is 58.7 Å². The van der Waals surface area contributed by atoms with Gasteiger partial charge in [-0.1, -0.05) is 0 Å². The molecule has 5 heterocycles. The van der Waals surface area contributed by atoms with Gasteiger partial charge in [0.25, 0.3) is 5.56 Å². The molecule has 0 aromatic carbocycles. The Morgan fingerprint density at radius 2 is 1.84 bits per heavy atom. The van der Waals surface area contributed by atoms with E-state index >= 15 is 0 Å². The first-order valence-electron chi connectivity index (χ1n) is 10.6. The van der Waals surface area contributed by atoms with E-state index in [1.165, 1.54) is 6.07 Å². The van der Waals surface area contributed by atoms with Gasteiger partial charge in [0.15, 0.2) is 17.3 Å². The van der Waals surface area contributed by atoms with E-state index in [9.17, 15) is 9.18 Å².